The third-order valence-electron chi connectivity index (χ3n) is 6.02. The molecule has 2 aliphatic rings. The van der Waals surface area contributed by atoms with Crippen molar-refractivity contribution in [2.24, 2.45) is 5.73 Å². The van der Waals surface area contributed by atoms with E-state index in [4.69, 9.17) is 19.9 Å². The summed E-state index contributed by atoms with van der Waals surface area (Å²) in [4.78, 5) is 34.4. The number of carbonyl (C=O) groups is 2. The summed E-state index contributed by atoms with van der Waals surface area (Å²) < 4.78 is 16.5. The minimum absolute atomic E-state index is 0.0488. The maximum Gasteiger partial charge on any atom is 0.415 e. The maximum absolute atomic E-state index is 12.4. The monoisotopic (exact) mass is 518 g/mol. The van der Waals surface area contributed by atoms with Gasteiger partial charge in [-0.1, -0.05) is 24.3 Å². The van der Waals surface area contributed by atoms with Crippen molar-refractivity contribution < 1.29 is 23.8 Å². The molecule has 1 unspecified atom stereocenters. The lowest BCUT2D eigenvalue weighted by Crippen LogP contribution is -2.29. The van der Waals surface area contributed by atoms with Crippen molar-refractivity contribution in [3.63, 3.8) is 0 Å². The Morgan fingerprint density at radius 1 is 1.18 bits per heavy atom. The van der Waals surface area contributed by atoms with Crippen molar-refractivity contribution >= 4 is 23.6 Å². The van der Waals surface area contributed by atoms with Crippen LogP contribution in [-0.4, -0.2) is 60.4 Å². The van der Waals surface area contributed by atoms with E-state index < -0.39 is 6.09 Å². The molecule has 2 amide bonds. The lowest BCUT2D eigenvalue weighted by molar-refractivity contribution is -0.118. The zero-order valence-corrected chi connectivity index (χ0v) is 21.1. The van der Waals surface area contributed by atoms with Crippen molar-refractivity contribution in [1.82, 2.24) is 15.3 Å². The normalized spacial score (nSPS) is 17.3. The Bertz CT molecular complexity index is 1320. The van der Waals surface area contributed by atoms with Crippen LogP contribution in [0.3, 0.4) is 0 Å². The highest BCUT2D eigenvalue weighted by atomic mass is 16.6. The SMILES string of the molecule is CC(N)COc1cccc(-c2cccc(CNCC[C@H]3CN(c4ccc5c(n4)NC(=O)CO5)C(=O)O3)c2)n1. The van der Waals surface area contributed by atoms with Crippen LogP contribution < -0.4 is 30.7 Å². The van der Waals surface area contributed by atoms with Gasteiger partial charge >= 0.3 is 6.09 Å². The molecule has 38 heavy (non-hydrogen) atoms. The standard InChI is InChI=1S/C27H30N6O5/c1-17(28)15-37-25-7-3-6-21(30-25)19-5-2-4-18(12-19)13-29-11-10-20-14-33(27(35)38-20)23-9-8-22-26(31-23)32-24(34)16-36-22/h2-9,12,17,20,29H,10-11,13-16,28H2,1H3,(H,31,32,34)/t17?,20-/m0/s1. The van der Waals surface area contributed by atoms with Crippen LogP contribution in [0.1, 0.15) is 18.9 Å². The number of benzene rings is 1. The number of nitrogens with two attached hydrogens (primary N) is 1. The summed E-state index contributed by atoms with van der Waals surface area (Å²) in [6.45, 7) is 3.94. The van der Waals surface area contributed by atoms with Gasteiger partial charge in [-0.25, -0.2) is 14.8 Å². The summed E-state index contributed by atoms with van der Waals surface area (Å²) in [6, 6.07) is 17.1. The van der Waals surface area contributed by atoms with Gasteiger partial charge in [-0.15, -0.1) is 0 Å². The van der Waals surface area contributed by atoms with E-state index >= 15 is 0 Å². The number of aromatic nitrogens is 2. The average molecular weight is 519 g/mol. The second-order valence-corrected chi connectivity index (χ2v) is 9.28. The van der Waals surface area contributed by atoms with Gasteiger partial charge in [0.15, 0.2) is 18.2 Å². The molecule has 0 aliphatic carbocycles. The Morgan fingerprint density at radius 2 is 2.05 bits per heavy atom. The van der Waals surface area contributed by atoms with E-state index in [0.717, 1.165) is 16.8 Å². The van der Waals surface area contributed by atoms with Crippen molar-refractivity contribution in [3.8, 4) is 22.9 Å². The molecule has 3 aromatic rings. The van der Waals surface area contributed by atoms with Gasteiger partial charge in [-0.3, -0.25) is 9.69 Å². The highest BCUT2D eigenvalue weighted by Crippen LogP contribution is 2.30. The molecule has 0 spiro atoms. The molecule has 2 aromatic heterocycles. The molecule has 11 heteroatoms. The summed E-state index contributed by atoms with van der Waals surface area (Å²) in [6.07, 6.45) is -0.0845. The highest BCUT2D eigenvalue weighted by Gasteiger charge is 2.33. The number of hydrogen-bond donors (Lipinski definition) is 3. The van der Waals surface area contributed by atoms with E-state index in [-0.39, 0.29) is 24.7 Å². The van der Waals surface area contributed by atoms with Crippen LogP contribution in [0.4, 0.5) is 16.4 Å². The molecular weight excluding hydrogens is 488 g/mol. The number of nitrogens with zero attached hydrogens (tertiary/aromatic N) is 3. The zero-order valence-electron chi connectivity index (χ0n) is 21.1. The molecule has 0 saturated carbocycles. The van der Waals surface area contributed by atoms with E-state index in [2.05, 4.69) is 32.7 Å². The first kappa shape index (κ1) is 25.4. The number of nitrogens with one attached hydrogen (secondary N) is 2. The fraction of sp³-hybridized carbons (Fsp3) is 0.333. The number of cyclic esters (lactones) is 1. The summed E-state index contributed by atoms with van der Waals surface area (Å²) >= 11 is 0. The lowest BCUT2D eigenvalue weighted by Gasteiger charge is -2.19. The van der Waals surface area contributed by atoms with Crippen LogP contribution in [0.2, 0.25) is 0 Å². The quantitative estimate of drug-likeness (QED) is 0.346. The highest BCUT2D eigenvalue weighted by molar-refractivity contribution is 5.95. The molecule has 4 N–H and O–H groups in total. The Labute approximate surface area is 220 Å². The van der Waals surface area contributed by atoms with Crippen molar-refractivity contribution in [1.29, 1.82) is 0 Å². The smallest absolute Gasteiger partial charge is 0.415 e. The first-order chi connectivity index (χ1) is 18.4. The lowest BCUT2D eigenvalue weighted by atomic mass is 10.1. The van der Waals surface area contributed by atoms with E-state index in [1.165, 1.54) is 4.90 Å². The van der Waals surface area contributed by atoms with Gasteiger partial charge in [0.1, 0.15) is 18.5 Å². The molecule has 198 valence electrons. The third kappa shape index (κ3) is 6.18. The van der Waals surface area contributed by atoms with Crippen LogP contribution >= 0.6 is 0 Å². The van der Waals surface area contributed by atoms with Gasteiger partial charge < -0.3 is 30.6 Å². The van der Waals surface area contributed by atoms with Gasteiger partial charge in [-0.2, -0.15) is 0 Å². The number of fused-ring (bicyclic) bond motifs is 1. The predicted octanol–water partition coefficient (Wildman–Crippen LogP) is 2.71. The van der Waals surface area contributed by atoms with E-state index in [9.17, 15) is 9.59 Å². The number of anilines is 2. The molecule has 1 fully saturated rings. The molecule has 4 heterocycles. The number of rotatable bonds is 10. The van der Waals surface area contributed by atoms with Crippen LogP contribution in [0.15, 0.2) is 54.6 Å². The first-order valence-electron chi connectivity index (χ1n) is 12.5. The molecule has 5 rings (SSSR count). The topological polar surface area (TPSA) is 141 Å². The van der Waals surface area contributed by atoms with Gasteiger partial charge in [0, 0.05) is 24.2 Å². The van der Waals surface area contributed by atoms with Crippen molar-refractivity contribution in [3.05, 3.63) is 60.2 Å². The second-order valence-electron chi connectivity index (χ2n) is 9.28. The predicted molar refractivity (Wildman–Crippen MR) is 141 cm³/mol. The minimum Gasteiger partial charge on any atom is -0.480 e. The number of hydrogen-bond acceptors (Lipinski definition) is 9. The maximum atomic E-state index is 12.4. The molecule has 0 radical (unpaired) electrons. The third-order valence-corrected chi connectivity index (χ3v) is 6.02. The molecule has 11 nitrogen and oxygen atoms in total. The van der Waals surface area contributed by atoms with Gasteiger partial charge in [0.25, 0.3) is 5.91 Å². The second kappa shape index (κ2) is 11.4. The summed E-state index contributed by atoms with van der Waals surface area (Å²) in [5, 5.41) is 6.07. The van der Waals surface area contributed by atoms with Crippen LogP contribution in [0, 0.1) is 0 Å². The minimum atomic E-state index is -0.460. The van der Waals surface area contributed by atoms with E-state index in [0.29, 0.717) is 55.9 Å². The Hall–Kier alpha value is -4.22. The number of amides is 2. The van der Waals surface area contributed by atoms with Crippen LogP contribution in [-0.2, 0) is 16.1 Å². The van der Waals surface area contributed by atoms with Crippen molar-refractivity contribution in [2.75, 3.05) is 36.5 Å². The van der Waals surface area contributed by atoms with Crippen LogP contribution in [0.5, 0.6) is 11.6 Å². The largest absolute Gasteiger partial charge is 0.480 e. The Morgan fingerprint density at radius 3 is 2.92 bits per heavy atom. The molecule has 2 aliphatic heterocycles. The molecule has 0 bridgehead atoms. The number of carbonyl (C=O) groups excluding carboxylic acids is 2. The fourth-order valence-corrected chi connectivity index (χ4v) is 4.17. The Balaban J connectivity index is 1.12. The van der Waals surface area contributed by atoms with E-state index in [1.54, 1.807) is 12.1 Å². The summed E-state index contributed by atoms with van der Waals surface area (Å²) in [7, 11) is 0. The average Bonchev–Trinajstić information content (AvgIpc) is 3.30. The number of ether oxygens (including phenoxy) is 3. The fourth-order valence-electron chi connectivity index (χ4n) is 4.17. The molecule has 2 atom stereocenters. The molecule has 1 aromatic carbocycles. The zero-order chi connectivity index (χ0) is 26.5. The van der Waals surface area contributed by atoms with Gasteiger partial charge in [0.2, 0.25) is 5.88 Å². The van der Waals surface area contributed by atoms with Gasteiger partial charge in [0.05, 0.1) is 12.2 Å². The first-order valence-corrected chi connectivity index (χ1v) is 12.5. The van der Waals surface area contributed by atoms with Crippen LogP contribution in [0.25, 0.3) is 11.3 Å². The summed E-state index contributed by atoms with van der Waals surface area (Å²) in [5.74, 6) is 1.46. The molecular formula is C27H30N6O5. The molecule has 1 saturated heterocycles. The number of pyridine rings is 2. The van der Waals surface area contributed by atoms with E-state index in [1.807, 2.05) is 37.3 Å². The summed E-state index contributed by atoms with van der Waals surface area (Å²) in [5.41, 5.74) is 8.70. The van der Waals surface area contributed by atoms with Gasteiger partial charge in [-0.05, 0) is 49.7 Å². The van der Waals surface area contributed by atoms with Crippen molar-refractivity contribution in [2.45, 2.75) is 32.0 Å². The Kier molecular flexibility index (Phi) is 7.66.